The fourth-order valence-electron chi connectivity index (χ4n) is 2.99. The van der Waals surface area contributed by atoms with Gasteiger partial charge in [0.25, 0.3) is 0 Å². The Hall–Kier alpha value is -1.26. The highest BCUT2D eigenvalue weighted by Gasteiger charge is 2.20. The first kappa shape index (κ1) is 13.7. The van der Waals surface area contributed by atoms with E-state index in [0.717, 1.165) is 50.6 Å². The van der Waals surface area contributed by atoms with Crippen LogP contribution in [0.4, 0.5) is 0 Å². The molecule has 2 aliphatic heterocycles. The van der Waals surface area contributed by atoms with Crippen LogP contribution in [0.1, 0.15) is 16.7 Å². The van der Waals surface area contributed by atoms with Gasteiger partial charge in [-0.25, -0.2) is 0 Å². The predicted molar refractivity (Wildman–Crippen MR) is 79.9 cm³/mol. The number of benzene rings is 1. The zero-order valence-electron chi connectivity index (χ0n) is 12.5. The predicted octanol–water partition coefficient (Wildman–Crippen LogP) is 1.52. The Morgan fingerprint density at radius 2 is 1.90 bits per heavy atom. The van der Waals surface area contributed by atoms with Gasteiger partial charge in [-0.05, 0) is 37.5 Å². The Kier molecular flexibility index (Phi) is 4.13. The van der Waals surface area contributed by atoms with Crippen molar-refractivity contribution >= 4 is 0 Å². The first-order chi connectivity index (χ1) is 9.75. The standard InChI is InChI=1S/C16H24N2O2/c1-12-11-15-16(20-10-9-19-15)14(13(12)2)3-6-18-7-4-17-5-8-18/h11,17H,3-10H2,1-2H3. The number of nitrogens with zero attached hydrogens (tertiary/aromatic N) is 1. The molecule has 20 heavy (non-hydrogen) atoms. The van der Waals surface area contributed by atoms with Gasteiger partial charge in [-0.1, -0.05) is 0 Å². The number of nitrogens with one attached hydrogen (secondary N) is 1. The first-order valence-corrected chi connectivity index (χ1v) is 7.57. The van der Waals surface area contributed by atoms with Gasteiger partial charge in [0.15, 0.2) is 11.5 Å². The van der Waals surface area contributed by atoms with Crippen molar-refractivity contribution in [2.75, 3.05) is 45.9 Å². The summed E-state index contributed by atoms with van der Waals surface area (Å²) in [6, 6.07) is 2.11. The molecule has 1 fully saturated rings. The summed E-state index contributed by atoms with van der Waals surface area (Å²) in [4.78, 5) is 2.52. The molecule has 0 atom stereocenters. The zero-order valence-corrected chi connectivity index (χ0v) is 12.5. The molecule has 0 aromatic heterocycles. The van der Waals surface area contributed by atoms with Gasteiger partial charge in [-0.3, -0.25) is 0 Å². The van der Waals surface area contributed by atoms with Crippen LogP contribution in [0, 0.1) is 13.8 Å². The lowest BCUT2D eigenvalue weighted by Crippen LogP contribution is -2.44. The molecule has 3 rings (SSSR count). The van der Waals surface area contributed by atoms with Crippen LogP contribution in [0.15, 0.2) is 6.07 Å². The average molecular weight is 276 g/mol. The van der Waals surface area contributed by atoms with E-state index in [4.69, 9.17) is 9.47 Å². The number of hydrogen-bond donors (Lipinski definition) is 1. The van der Waals surface area contributed by atoms with Crippen LogP contribution in [0.3, 0.4) is 0 Å². The molecule has 2 heterocycles. The molecule has 0 amide bonds. The number of ether oxygens (including phenoxy) is 2. The lowest BCUT2D eigenvalue weighted by molar-refractivity contribution is 0.168. The lowest BCUT2D eigenvalue weighted by atomic mass is 9.98. The van der Waals surface area contributed by atoms with Crippen molar-refractivity contribution in [3.05, 3.63) is 22.8 Å². The average Bonchev–Trinajstić information content (AvgIpc) is 2.49. The number of fused-ring (bicyclic) bond motifs is 1. The fourth-order valence-corrected chi connectivity index (χ4v) is 2.99. The molecule has 0 spiro atoms. The summed E-state index contributed by atoms with van der Waals surface area (Å²) in [6.45, 7) is 11.3. The maximum atomic E-state index is 5.87. The Bertz CT molecular complexity index is 482. The second-order valence-electron chi connectivity index (χ2n) is 5.66. The van der Waals surface area contributed by atoms with Crippen molar-refractivity contribution in [1.29, 1.82) is 0 Å². The summed E-state index contributed by atoms with van der Waals surface area (Å²) < 4.78 is 11.6. The van der Waals surface area contributed by atoms with Crippen LogP contribution in [-0.4, -0.2) is 50.8 Å². The third-order valence-electron chi connectivity index (χ3n) is 4.36. The van der Waals surface area contributed by atoms with E-state index in [-0.39, 0.29) is 0 Å². The highest BCUT2D eigenvalue weighted by molar-refractivity contribution is 5.54. The molecule has 110 valence electrons. The first-order valence-electron chi connectivity index (χ1n) is 7.57. The van der Waals surface area contributed by atoms with Crippen LogP contribution >= 0.6 is 0 Å². The highest BCUT2D eigenvalue weighted by Crippen LogP contribution is 2.38. The van der Waals surface area contributed by atoms with Gasteiger partial charge in [0.2, 0.25) is 0 Å². The summed E-state index contributed by atoms with van der Waals surface area (Å²) in [5.74, 6) is 1.91. The van der Waals surface area contributed by atoms with Crippen LogP contribution in [0.25, 0.3) is 0 Å². The highest BCUT2D eigenvalue weighted by atomic mass is 16.6. The summed E-state index contributed by atoms with van der Waals surface area (Å²) in [7, 11) is 0. The largest absolute Gasteiger partial charge is 0.486 e. The van der Waals surface area contributed by atoms with Crippen molar-refractivity contribution in [2.24, 2.45) is 0 Å². The molecule has 0 bridgehead atoms. The molecular weight excluding hydrogens is 252 g/mol. The SMILES string of the molecule is Cc1cc2c(c(CCN3CCNCC3)c1C)OCCO2. The zero-order chi connectivity index (χ0) is 13.9. The quantitative estimate of drug-likeness (QED) is 0.907. The molecule has 1 aromatic carbocycles. The molecule has 0 unspecified atom stereocenters. The Balaban J connectivity index is 1.78. The maximum Gasteiger partial charge on any atom is 0.164 e. The molecule has 2 aliphatic rings. The number of rotatable bonds is 3. The van der Waals surface area contributed by atoms with Crippen LogP contribution in [0.5, 0.6) is 11.5 Å². The topological polar surface area (TPSA) is 33.7 Å². The smallest absolute Gasteiger partial charge is 0.164 e. The molecule has 1 aromatic rings. The van der Waals surface area contributed by atoms with E-state index in [9.17, 15) is 0 Å². The van der Waals surface area contributed by atoms with Crippen LogP contribution in [0.2, 0.25) is 0 Å². The molecular formula is C16H24N2O2. The molecule has 1 saturated heterocycles. The third-order valence-corrected chi connectivity index (χ3v) is 4.36. The lowest BCUT2D eigenvalue weighted by Gasteiger charge is -2.29. The molecule has 0 radical (unpaired) electrons. The number of aryl methyl sites for hydroxylation is 1. The Labute approximate surface area is 121 Å². The molecule has 4 heteroatoms. The monoisotopic (exact) mass is 276 g/mol. The Morgan fingerprint density at radius 1 is 1.15 bits per heavy atom. The van der Waals surface area contributed by atoms with Crippen molar-refractivity contribution in [3.8, 4) is 11.5 Å². The van der Waals surface area contributed by atoms with Crippen molar-refractivity contribution in [3.63, 3.8) is 0 Å². The van der Waals surface area contributed by atoms with Crippen LogP contribution < -0.4 is 14.8 Å². The summed E-state index contributed by atoms with van der Waals surface area (Å²) in [6.07, 6.45) is 1.04. The minimum atomic E-state index is 0.659. The fraction of sp³-hybridized carbons (Fsp3) is 0.625. The second kappa shape index (κ2) is 6.02. The van der Waals surface area contributed by atoms with Gasteiger partial charge in [0.1, 0.15) is 13.2 Å². The summed E-state index contributed by atoms with van der Waals surface area (Å²) in [5, 5.41) is 3.40. The van der Waals surface area contributed by atoms with Crippen molar-refractivity contribution < 1.29 is 9.47 Å². The van der Waals surface area contributed by atoms with Gasteiger partial charge in [0, 0.05) is 38.3 Å². The maximum absolute atomic E-state index is 5.87. The van der Waals surface area contributed by atoms with E-state index in [0.29, 0.717) is 13.2 Å². The normalized spacial score (nSPS) is 19.1. The van der Waals surface area contributed by atoms with Gasteiger partial charge in [0.05, 0.1) is 0 Å². The van der Waals surface area contributed by atoms with E-state index in [1.807, 2.05) is 0 Å². The van der Waals surface area contributed by atoms with Crippen molar-refractivity contribution in [2.45, 2.75) is 20.3 Å². The summed E-state index contributed by atoms with van der Waals surface area (Å²) in [5.41, 5.74) is 3.98. The van der Waals surface area contributed by atoms with E-state index < -0.39 is 0 Å². The minimum absolute atomic E-state index is 0.659. The minimum Gasteiger partial charge on any atom is -0.486 e. The molecule has 0 aliphatic carbocycles. The molecule has 4 nitrogen and oxygen atoms in total. The number of piperazine rings is 1. The van der Waals surface area contributed by atoms with E-state index >= 15 is 0 Å². The number of hydrogen-bond acceptors (Lipinski definition) is 4. The van der Waals surface area contributed by atoms with E-state index in [2.05, 4.69) is 30.1 Å². The van der Waals surface area contributed by atoms with Gasteiger partial charge >= 0.3 is 0 Å². The van der Waals surface area contributed by atoms with Crippen molar-refractivity contribution in [1.82, 2.24) is 10.2 Å². The molecule has 1 N–H and O–H groups in total. The summed E-state index contributed by atoms with van der Waals surface area (Å²) >= 11 is 0. The Morgan fingerprint density at radius 3 is 2.70 bits per heavy atom. The van der Waals surface area contributed by atoms with Crippen LogP contribution in [-0.2, 0) is 6.42 Å². The van der Waals surface area contributed by atoms with Gasteiger partial charge in [-0.15, -0.1) is 0 Å². The second-order valence-corrected chi connectivity index (χ2v) is 5.66. The van der Waals surface area contributed by atoms with E-state index in [1.165, 1.54) is 16.7 Å². The van der Waals surface area contributed by atoms with Gasteiger partial charge in [-0.2, -0.15) is 0 Å². The van der Waals surface area contributed by atoms with Gasteiger partial charge < -0.3 is 19.7 Å². The third kappa shape index (κ3) is 2.76. The molecule has 0 saturated carbocycles. The van der Waals surface area contributed by atoms with E-state index in [1.54, 1.807) is 0 Å².